The fourth-order valence-corrected chi connectivity index (χ4v) is 1.15. The third-order valence-corrected chi connectivity index (χ3v) is 1.84. The van der Waals surface area contributed by atoms with Gasteiger partial charge in [0.1, 0.15) is 12.5 Å². The molecule has 0 spiro atoms. The van der Waals surface area contributed by atoms with Crippen LogP contribution >= 0.6 is 0 Å². The first-order valence-electron chi connectivity index (χ1n) is 3.61. The first kappa shape index (κ1) is 9.38. The molecule has 12 heavy (non-hydrogen) atoms. The molecule has 1 aliphatic rings. The summed E-state index contributed by atoms with van der Waals surface area (Å²) in [6, 6.07) is 0. The van der Waals surface area contributed by atoms with E-state index in [9.17, 15) is 13.6 Å². The van der Waals surface area contributed by atoms with Crippen molar-refractivity contribution in [2.45, 2.75) is 12.3 Å². The van der Waals surface area contributed by atoms with Gasteiger partial charge in [-0.3, -0.25) is 4.79 Å². The molecule has 1 rings (SSSR count). The monoisotopic (exact) mass is 180 g/mol. The number of alkyl halides is 2. The van der Waals surface area contributed by atoms with Crippen molar-refractivity contribution in [2.75, 3.05) is 20.3 Å². The molecule has 3 nitrogen and oxygen atoms in total. The largest absolute Gasteiger partial charge is 0.469 e. The maximum Gasteiger partial charge on any atom is 0.314 e. The van der Waals surface area contributed by atoms with Crippen molar-refractivity contribution in [3.05, 3.63) is 0 Å². The molecule has 1 atom stereocenters. The average molecular weight is 180 g/mol. The number of halogens is 2. The summed E-state index contributed by atoms with van der Waals surface area (Å²) in [6.45, 7) is -0.498. The zero-order valence-electron chi connectivity index (χ0n) is 6.68. The Balaban J connectivity index is 2.66. The second-order valence-electron chi connectivity index (χ2n) is 2.68. The Morgan fingerprint density at radius 3 is 2.83 bits per heavy atom. The molecule has 0 amide bonds. The molecule has 0 bridgehead atoms. The van der Waals surface area contributed by atoms with E-state index in [1.54, 1.807) is 0 Å². The molecule has 0 radical (unpaired) electrons. The quantitative estimate of drug-likeness (QED) is 0.561. The molecule has 0 aromatic rings. The number of methoxy groups -OCH3 is 1. The summed E-state index contributed by atoms with van der Waals surface area (Å²) in [5, 5.41) is 0. The van der Waals surface area contributed by atoms with Crippen molar-refractivity contribution in [3.63, 3.8) is 0 Å². The zero-order valence-corrected chi connectivity index (χ0v) is 6.68. The first-order valence-corrected chi connectivity index (χ1v) is 3.61. The van der Waals surface area contributed by atoms with Crippen LogP contribution in [0.15, 0.2) is 0 Å². The van der Waals surface area contributed by atoms with Crippen molar-refractivity contribution >= 4 is 5.97 Å². The highest BCUT2D eigenvalue weighted by Gasteiger charge is 2.47. The van der Waals surface area contributed by atoms with Gasteiger partial charge in [0.15, 0.2) is 0 Å². The van der Waals surface area contributed by atoms with E-state index in [4.69, 9.17) is 0 Å². The predicted molar refractivity (Wildman–Crippen MR) is 35.9 cm³/mol. The van der Waals surface area contributed by atoms with Crippen molar-refractivity contribution in [3.8, 4) is 0 Å². The van der Waals surface area contributed by atoms with Gasteiger partial charge in [-0.25, -0.2) is 8.78 Å². The zero-order chi connectivity index (χ0) is 9.19. The first-order chi connectivity index (χ1) is 5.58. The van der Waals surface area contributed by atoms with E-state index in [0.717, 1.165) is 7.11 Å². The van der Waals surface area contributed by atoms with Gasteiger partial charge in [0, 0.05) is 6.61 Å². The Bertz CT molecular complexity index is 181. The second-order valence-corrected chi connectivity index (χ2v) is 2.68. The third kappa shape index (κ3) is 1.72. The van der Waals surface area contributed by atoms with Gasteiger partial charge in [-0.05, 0) is 6.42 Å². The Hall–Kier alpha value is -0.710. The lowest BCUT2D eigenvalue weighted by molar-refractivity contribution is -0.185. The number of rotatable bonds is 1. The summed E-state index contributed by atoms with van der Waals surface area (Å²) in [6.07, 6.45) is 0.0275. The van der Waals surface area contributed by atoms with Crippen LogP contribution in [0.3, 0.4) is 0 Å². The molecular formula is C7H10F2O3. The van der Waals surface area contributed by atoms with Crippen LogP contribution in [0.2, 0.25) is 0 Å². The minimum absolute atomic E-state index is 0.0275. The molecule has 70 valence electrons. The lowest BCUT2D eigenvalue weighted by Gasteiger charge is -2.28. The van der Waals surface area contributed by atoms with E-state index < -0.39 is 24.4 Å². The Morgan fingerprint density at radius 1 is 1.67 bits per heavy atom. The van der Waals surface area contributed by atoms with Gasteiger partial charge < -0.3 is 9.47 Å². The van der Waals surface area contributed by atoms with Crippen LogP contribution in [0.4, 0.5) is 8.78 Å². The summed E-state index contributed by atoms with van der Waals surface area (Å²) in [7, 11) is 1.11. The summed E-state index contributed by atoms with van der Waals surface area (Å²) < 4.78 is 34.6. The molecule has 1 unspecified atom stereocenters. The lowest BCUT2D eigenvalue weighted by atomic mass is 9.96. The van der Waals surface area contributed by atoms with Gasteiger partial charge in [0.25, 0.3) is 5.92 Å². The highest BCUT2D eigenvalue weighted by Crippen LogP contribution is 2.32. The third-order valence-electron chi connectivity index (χ3n) is 1.84. The predicted octanol–water partition coefficient (Wildman–Crippen LogP) is 0.831. The molecule has 1 fully saturated rings. The smallest absolute Gasteiger partial charge is 0.314 e. The molecular weight excluding hydrogens is 170 g/mol. The van der Waals surface area contributed by atoms with Crippen LogP contribution in [0.1, 0.15) is 6.42 Å². The minimum atomic E-state index is -3.08. The van der Waals surface area contributed by atoms with E-state index >= 15 is 0 Å². The highest BCUT2D eigenvalue weighted by molar-refractivity contribution is 5.73. The van der Waals surface area contributed by atoms with Crippen LogP contribution in [0, 0.1) is 5.92 Å². The fourth-order valence-electron chi connectivity index (χ4n) is 1.15. The molecule has 1 saturated heterocycles. The Kier molecular flexibility index (Phi) is 2.62. The van der Waals surface area contributed by atoms with E-state index in [0.29, 0.717) is 0 Å². The average Bonchev–Trinajstić information content (AvgIpc) is 2.02. The number of ether oxygens (including phenoxy) is 2. The second kappa shape index (κ2) is 3.35. The van der Waals surface area contributed by atoms with E-state index in [2.05, 4.69) is 9.47 Å². The van der Waals surface area contributed by atoms with Crippen LogP contribution in [0.25, 0.3) is 0 Å². The number of hydrogen-bond acceptors (Lipinski definition) is 3. The lowest BCUT2D eigenvalue weighted by Crippen LogP contribution is -2.43. The van der Waals surface area contributed by atoms with Crippen molar-refractivity contribution < 1.29 is 23.0 Å². The molecule has 1 heterocycles. The van der Waals surface area contributed by atoms with Crippen molar-refractivity contribution in [2.24, 2.45) is 5.92 Å². The van der Waals surface area contributed by atoms with Crippen LogP contribution < -0.4 is 0 Å². The Morgan fingerprint density at radius 2 is 2.33 bits per heavy atom. The summed E-state index contributed by atoms with van der Waals surface area (Å²) in [5.41, 5.74) is 0. The van der Waals surface area contributed by atoms with E-state index in [1.807, 2.05) is 0 Å². The van der Waals surface area contributed by atoms with Crippen LogP contribution in [0.5, 0.6) is 0 Å². The van der Waals surface area contributed by atoms with Gasteiger partial charge >= 0.3 is 5.97 Å². The molecule has 1 aliphatic heterocycles. The van der Waals surface area contributed by atoms with E-state index in [1.165, 1.54) is 0 Å². The maximum atomic E-state index is 12.9. The van der Waals surface area contributed by atoms with Gasteiger partial charge in [-0.2, -0.15) is 0 Å². The van der Waals surface area contributed by atoms with Crippen LogP contribution in [-0.4, -0.2) is 32.2 Å². The van der Waals surface area contributed by atoms with E-state index in [-0.39, 0.29) is 13.0 Å². The van der Waals surface area contributed by atoms with Gasteiger partial charge in [0.2, 0.25) is 0 Å². The fraction of sp³-hybridized carbons (Fsp3) is 0.857. The number of carbonyl (C=O) groups is 1. The summed E-state index contributed by atoms with van der Waals surface area (Å²) in [5.74, 6) is -5.27. The van der Waals surface area contributed by atoms with Gasteiger partial charge in [-0.15, -0.1) is 0 Å². The number of esters is 1. The number of carbonyl (C=O) groups excluding carboxylic acids is 1. The topological polar surface area (TPSA) is 35.5 Å². The normalized spacial score (nSPS) is 28.1. The standard InChI is InChI=1S/C7H10F2O3/c1-11-6(10)5-2-3-12-4-7(5,8)9/h5H,2-4H2,1H3. The molecule has 0 aromatic carbocycles. The summed E-state index contributed by atoms with van der Waals surface area (Å²) >= 11 is 0. The highest BCUT2D eigenvalue weighted by atomic mass is 19.3. The maximum absolute atomic E-state index is 12.9. The Labute approximate surface area is 68.6 Å². The molecule has 0 aromatic heterocycles. The number of hydrogen-bond donors (Lipinski definition) is 0. The van der Waals surface area contributed by atoms with Gasteiger partial charge in [0.05, 0.1) is 7.11 Å². The molecule has 0 N–H and O–H groups in total. The molecule has 0 saturated carbocycles. The van der Waals surface area contributed by atoms with Gasteiger partial charge in [-0.1, -0.05) is 0 Å². The molecule has 5 heteroatoms. The molecule has 0 aliphatic carbocycles. The van der Waals surface area contributed by atoms with Crippen molar-refractivity contribution in [1.29, 1.82) is 0 Å². The minimum Gasteiger partial charge on any atom is -0.469 e. The summed E-state index contributed by atoms with van der Waals surface area (Å²) in [4.78, 5) is 10.8. The van der Waals surface area contributed by atoms with Crippen LogP contribution in [-0.2, 0) is 14.3 Å². The SMILES string of the molecule is COC(=O)C1CCOCC1(F)F. The van der Waals surface area contributed by atoms with Crippen molar-refractivity contribution in [1.82, 2.24) is 0 Å².